The van der Waals surface area contributed by atoms with Crippen molar-refractivity contribution in [2.75, 3.05) is 6.61 Å². The number of ether oxygens (including phenoxy) is 1. The van der Waals surface area contributed by atoms with Gasteiger partial charge in [0.2, 0.25) is 0 Å². The van der Waals surface area contributed by atoms with Crippen LogP contribution < -0.4 is 0 Å². The van der Waals surface area contributed by atoms with Gasteiger partial charge in [0.25, 0.3) is 0 Å². The summed E-state index contributed by atoms with van der Waals surface area (Å²) in [4.78, 5) is 4.89. The molecule has 0 aromatic carbocycles. The molecule has 0 N–H and O–H groups in total. The molecule has 3 atom stereocenters. The zero-order valence-corrected chi connectivity index (χ0v) is 20.2. The highest BCUT2D eigenvalue weighted by molar-refractivity contribution is 5.67. The maximum Gasteiger partial charge on any atom is 0.150 e. The summed E-state index contributed by atoms with van der Waals surface area (Å²) in [5.41, 5.74) is 12.0. The van der Waals surface area contributed by atoms with E-state index in [1.165, 1.54) is 53.8 Å². The second-order valence-electron chi connectivity index (χ2n) is 9.85. The van der Waals surface area contributed by atoms with Gasteiger partial charge in [-0.3, -0.25) is 4.98 Å². The molecule has 2 aromatic rings. The van der Waals surface area contributed by atoms with Crippen LogP contribution in [0, 0.1) is 25.7 Å². The lowest BCUT2D eigenvalue weighted by Crippen LogP contribution is -2.20. The predicted molar refractivity (Wildman–Crippen MR) is 140 cm³/mol. The molecule has 2 aliphatic carbocycles. The van der Waals surface area contributed by atoms with Crippen molar-refractivity contribution in [3.05, 3.63) is 76.6 Å². The van der Waals surface area contributed by atoms with Crippen LogP contribution in [0.1, 0.15) is 76.2 Å². The summed E-state index contributed by atoms with van der Waals surface area (Å²) < 4.78 is 8.06. The molecule has 0 radical (unpaired) electrons. The number of hydrogen-bond donors (Lipinski definition) is 0. The Labute approximate surface area is 205 Å². The first-order valence-electron chi connectivity index (χ1n) is 12.6. The SMILES string of the molecule is C.Cc1nn(C2CCCCO2)c(C)c1-c1ccc(CC(C)C2CCCC3=C2C=C=CC=C3)nc1. The van der Waals surface area contributed by atoms with Crippen molar-refractivity contribution in [3.8, 4) is 11.1 Å². The van der Waals surface area contributed by atoms with Gasteiger partial charge in [0.1, 0.15) is 6.23 Å². The Morgan fingerprint density at radius 3 is 2.82 bits per heavy atom. The quantitative estimate of drug-likeness (QED) is 0.438. The van der Waals surface area contributed by atoms with Gasteiger partial charge in [-0.1, -0.05) is 32.6 Å². The van der Waals surface area contributed by atoms with E-state index in [0.29, 0.717) is 11.8 Å². The molecular formula is C30H39N3O. The summed E-state index contributed by atoms with van der Waals surface area (Å²) in [6.07, 6.45) is 18.8. The lowest BCUT2D eigenvalue weighted by Gasteiger charge is -2.30. The Morgan fingerprint density at radius 1 is 1.18 bits per heavy atom. The topological polar surface area (TPSA) is 39.9 Å². The molecule has 5 rings (SSSR count). The number of pyridine rings is 1. The van der Waals surface area contributed by atoms with Crippen LogP contribution in [0.4, 0.5) is 0 Å². The fourth-order valence-electron chi connectivity index (χ4n) is 5.82. The molecule has 180 valence electrons. The molecule has 1 fully saturated rings. The Morgan fingerprint density at radius 2 is 2.06 bits per heavy atom. The van der Waals surface area contributed by atoms with Gasteiger partial charge in [-0.25, -0.2) is 4.68 Å². The van der Waals surface area contributed by atoms with E-state index >= 15 is 0 Å². The molecule has 3 aliphatic rings. The second-order valence-corrected chi connectivity index (χ2v) is 9.85. The highest BCUT2D eigenvalue weighted by atomic mass is 16.5. The van der Waals surface area contributed by atoms with Crippen molar-refractivity contribution in [2.45, 2.75) is 79.4 Å². The standard InChI is InChI=1S/C29H35N3O.CH4/c1-20(26-13-9-11-23-10-5-4-6-12-27(23)26)18-25-16-15-24(19-30-25)29-21(2)31-32(22(29)3)28-14-7-8-17-33-28;/h4-5,10,12,15-16,19-20,26,28H,7-9,11,13-14,17-18H2,1-3H3;1H4. The summed E-state index contributed by atoms with van der Waals surface area (Å²) in [6.45, 7) is 7.45. The van der Waals surface area contributed by atoms with Gasteiger partial charge in [-0.05, 0) is 100.0 Å². The predicted octanol–water partition coefficient (Wildman–Crippen LogP) is 7.45. The monoisotopic (exact) mass is 457 g/mol. The molecule has 4 heteroatoms. The van der Waals surface area contributed by atoms with E-state index in [4.69, 9.17) is 14.8 Å². The third-order valence-corrected chi connectivity index (χ3v) is 7.55. The van der Waals surface area contributed by atoms with Gasteiger partial charge in [-0.2, -0.15) is 5.10 Å². The summed E-state index contributed by atoms with van der Waals surface area (Å²) in [7, 11) is 0. The highest BCUT2D eigenvalue weighted by Gasteiger charge is 2.27. The number of rotatable bonds is 5. The molecule has 3 heterocycles. The molecular weight excluding hydrogens is 418 g/mol. The number of allylic oxidation sites excluding steroid dienone is 5. The van der Waals surface area contributed by atoms with Gasteiger partial charge < -0.3 is 4.74 Å². The van der Waals surface area contributed by atoms with Crippen LogP contribution in [-0.2, 0) is 11.2 Å². The fourth-order valence-corrected chi connectivity index (χ4v) is 5.82. The molecule has 34 heavy (non-hydrogen) atoms. The maximum absolute atomic E-state index is 5.98. The lowest BCUT2D eigenvalue weighted by molar-refractivity contribution is -0.0407. The fraction of sp³-hybridized carbons (Fsp3) is 0.500. The third kappa shape index (κ3) is 4.89. The molecule has 1 saturated heterocycles. The number of hydrogen-bond acceptors (Lipinski definition) is 3. The van der Waals surface area contributed by atoms with Gasteiger partial charge in [0.05, 0.1) is 5.69 Å². The Kier molecular flexibility index (Phi) is 7.70. The minimum Gasteiger partial charge on any atom is -0.357 e. The first kappa shape index (κ1) is 24.4. The van der Waals surface area contributed by atoms with Crippen molar-refractivity contribution in [2.24, 2.45) is 11.8 Å². The van der Waals surface area contributed by atoms with Crippen molar-refractivity contribution in [1.29, 1.82) is 0 Å². The van der Waals surface area contributed by atoms with Gasteiger partial charge in [0.15, 0.2) is 0 Å². The van der Waals surface area contributed by atoms with E-state index in [2.05, 4.69) is 61.5 Å². The minimum atomic E-state index is 0. The molecule has 0 spiro atoms. The number of nitrogens with zero attached hydrogens (tertiary/aromatic N) is 3. The van der Waals surface area contributed by atoms with Crippen LogP contribution in [-0.4, -0.2) is 21.4 Å². The van der Waals surface area contributed by atoms with E-state index in [1.807, 2.05) is 12.3 Å². The zero-order chi connectivity index (χ0) is 22.8. The van der Waals surface area contributed by atoms with Crippen molar-refractivity contribution in [3.63, 3.8) is 0 Å². The average molecular weight is 458 g/mol. The molecule has 0 amide bonds. The normalized spacial score (nSPS) is 22.8. The molecule has 0 saturated carbocycles. The van der Waals surface area contributed by atoms with E-state index in [1.54, 1.807) is 0 Å². The van der Waals surface area contributed by atoms with Crippen LogP contribution in [0.3, 0.4) is 0 Å². The van der Waals surface area contributed by atoms with E-state index in [0.717, 1.165) is 37.1 Å². The minimum absolute atomic E-state index is 0. The second kappa shape index (κ2) is 10.7. The first-order chi connectivity index (χ1) is 16.1. The van der Waals surface area contributed by atoms with E-state index < -0.39 is 0 Å². The molecule has 4 nitrogen and oxygen atoms in total. The molecule has 2 aromatic heterocycles. The van der Waals surface area contributed by atoms with Crippen LogP contribution in [0.25, 0.3) is 11.1 Å². The smallest absolute Gasteiger partial charge is 0.150 e. The van der Waals surface area contributed by atoms with Crippen molar-refractivity contribution >= 4 is 0 Å². The highest BCUT2D eigenvalue weighted by Crippen LogP contribution is 2.38. The third-order valence-electron chi connectivity index (χ3n) is 7.55. The van der Waals surface area contributed by atoms with Crippen molar-refractivity contribution < 1.29 is 4.74 Å². The molecule has 0 bridgehead atoms. The Hall–Kier alpha value is -2.68. The van der Waals surface area contributed by atoms with Gasteiger partial charge in [0, 0.05) is 35.3 Å². The van der Waals surface area contributed by atoms with Crippen LogP contribution in [0.2, 0.25) is 0 Å². The maximum atomic E-state index is 5.98. The average Bonchev–Trinajstić information content (AvgIpc) is 3.00. The van der Waals surface area contributed by atoms with Gasteiger partial charge >= 0.3 is 0 Å². The molecule has 3 unspecified atom stereocenters. The zero-order valence-electron chi connectivity index (χ0n) is 20.2. The van der Waals surface area contributed by atoms with Crippen molar-refractivity contribution in [1.82, 2.24) is 14.8 Å². The summed E-state index contributed by atoms with van der Waals surface area (Å²) >= 11 is 0. The van der Waals surface area contributed by atoms with Gasteiger partial charge in [-0.15, -0.1) is 5.73 Å². The first-order valence-corrected chi connectivity index (χ1v) is 12.6. The van der Waals surface area contributed by atoms with Crippen LogP contribution in [0.5, 0.6) is 0 Å². The number of aryl methyl sites for hydroxylation is 1. The summed E-state index contributed by atoms with van der Waals surface area (Å²) in [5.74, 6) is 1.13. The number of aromatic nitrogens is 3. The largest absolute Gasteiger partial charge is 0.357 e. The van der Waals surface area contributed by atoms with Crippen LogP contribution >= 0.6 is 0 Å². The van der Waals surface area contributed by atoms with Crippen LogP contribution in [0.15, 0.2) is 59.5 Å². The van der Waals surface area contributed by atoms with E-state index in [-0.39, 0.29) is 13.7 Å². The lowest BCUT2D eigenvalue weighted by atomic mass is 9.74. The Balaban J connectivity index is 0.00000274. The summed E-state index contributed by atoms with van der Waals surface area (Å²) in [6, 6.07) is 4.43. The Bertz CT molecular complexity index is 1120. The van der Waals surface area contributed by atoms with E-state index in [9.17, 15) is 0 Å². The molecule has 1 aliphatic heterocycles. The summed E-state index contributed by atoms with van der Waals surface area (Å²) in [5, 5.41) is 4.83.